The summed E-state index contributed by atoms with van der Waals surface area (Å²) in [5, 5.41) is 15.4. The van der Waals surface area contributed by atoms with Crippen molar-refractivity contribution in [1.29, 1.82) is 0 Å². The predicted molar refractivity (Wildman–Crippen MR) is 88.1 cm³/mol. The van der Waals surface area contributed by atoms with E-state index >= 15 is 0 Å². The lowest BCUT2D eigenvalue weighted by molar-refractivity contribution is -0.116. The number of methoxy groups -OCH3 is 1. The van der Waals surface area contributed by atoms with Crippen LogP contribution < -0.4 is 10.1 Å². The predicted octanol–water partition coefficient (Wildman–Crippen LogP) is 2.14. The Morgan fingerprint density at radius 1 is 1.29 bits per heavy atom. The number of anilines is 1. The minimum Gasteiger partial charge on any atom is -0.481 e. The van der Waals surface area contributed by atoms with E-state index in [1.54, 1.807) is 35.0 Å². The fourth-order valence-corrected chi connectivity index (χ4v) is 2.31. The van der Waals surface area contributed by atoms with Crippen molar-refractivity contribution >= 4 is 28.8 Å². The number of nitrogens with zero attached hydrogens (tertiary/aromatic N) is 5. The molecule has 8 nitrogen and oxygen atoms in total. The van der Waals surface area contributed by atoms with E-state index < -0.39 is 0 Å². The van der Waals surface area contributed by atoms with Crippen LogP contribution in [0.3, 0.4) is 0 Å². The lowest BCUT2D eigenvalue weighted by Crippen LogP contribution is -2.12. The van der Waals surface area contributed by atoms with Crippen molar-refractivity contribution in [2.45, 2.75) is 19.3 Å². The number of pyridine rings is 1. The van der Waals surface area contributed by atoms with Crippen LogP contribution >= 0.6 is 11.6 Å². The number of nitrogens with one attached hydrogen (secondary N) is 1. The number of carbonyl (C=O) groups excluding carboxylic acids is 1. The molecule has 1 amide bonds. The summed E-state index contributed by atoms with van der Waals surface area (Å²) in [5.41, 5.74) is 1.25. The molecule has 0 bridgehead atoms. The Labute approximate surface area is 142 Å². The summed E-state index contributed by atoms with van der Waals surface area (Å²) in [6.45, 7) is 0. The molecule has 0 fully saturated rings. The number of hydrogen-bond acceptors (Lipinski definition) is 6. The van der Waals surface area contributed by atoms with Crippen LogP contribution in [-0.2, 0) is 11.2 Å². The molecule has 0 saturated carbocycles. The maximum absolute atomic E-state index is 12.0. The van der Waals surface area contributed by atoms with Crippen molar-refractivity contribution in [3.05, 3.63) is 41.4 Å². The summed E-state index contributed by atoms with van der Waals surface area (Å²) in [7, 11) is 1.54. The Balaban J connectivity index is 1.53. The van der Waals surface area contributed by atoms with Gasteiger partial charge in [0.05, 0.1) is 19.0 Å². The first-order valence-corrected chi connectivity index (χ1v) is 7.70. The highest BCUT2D eigenvalue weighted by Gasteiger charge is 2.09. The van der Waals surface area contributed by atoms with E-state index in [0.717, 1.165) is 0 Å². The number of ether oxygens (including phenoxy) is 1. The molecule has 3 aromatic rings. The summed E-state index contributed by atoms with van der Waals surface area (Å²) in [5.74, 6) is 1.08. The second-order valence-electron chi connectivity index (χ2n) is 5.03. The van der Waals surface area contributed by atoms with E-state index in [4.69, 9.17) is 16.3 Å². The highest BCUT2D eigenvalue weighted by molar-refractivity contribution is 6.29. The Morgan fingerprint density at radius 2 is 2.17 bits per heavy atom. The van der Waals surface area contributed by atoms with Gasteiger partial charge in [-0.05, 0) is 24.6 Å². The van der Waals surface area contributed by atoms with Gasteiger partial charge in [0, 0.05) is 18.9 Å². The number of aryl methyl sites for hydroxylation is 1. The third-order valence-electron chi connectivity index (χ3n) is 3.33. The summed E-state index contributed by atoms with van der Waals surface area (Å²) < 4.78 is 6.56. The molecule has 0 atom stereocenters. The van der Waals surface area contributed by atoms with Gasteiger partial charge in [-0.25, -0.2) is 4.98 Å². The quantitative estimate of drug-likeness (QED) is 0.734. The fourth-order valence-electron chi connectivity index (χ4n) is 2.17. The lowest BCUT2D eigenvalue weighted by atomic mass is 10.2. The molecule has 3 heterocycles. The van der Waals surface area contributed by atoms with E-state index in [2.05, 4.69) is 25.6 Å². The molecule has 0 aromatic carbocycles. The summed E-state index contributed by atoms with van der Waals surface area (Å²) in [6.07, 6.45) is 3.09. The third-order valence-corrected chi connectivity index (χ3v) is 3.53. The van der Waals surface area contributed by atoms with Crippen LogP contribution in [0.25, 0.3) is 5.65 Å². The Bertz CT molecular complexity index is 849. The van der Waals surface area contributed by atoms with Gasteiger partial charge >= 0.3 is 0 Å². The highest BCUT2D eigenvalue weighted by Crippen LogP contribution is 2.12. The summed E-state index contributed by atoms with van der Waals surface area (Å²) in [6, 6.07) is 6.83. The van der Waals surface area contributed by atoms with Crippen LogP contribution in [0.4, 0.5) is 5.69 Å². The molecule has 124 valence electrons. The molecule has 9 heteroatoms. The first-order valence-electron chi connectivity index (χ1n) is 7.32. The molecule has 3 rings (SSSR count). The molecular formula is C15H15ClN6O2. The van der Waals surface area contributed by atoms with Crippen LogP contribution in [-0.4, -0.2) is 37.8 Å². The largest absolute Gasteiger partial charge is 0.481 e. The van der Waals surface area contributed by atoms with E-state index in [0.29, 0.717) is 47.5 Å². The fraction of sp³-hybridized carbons (Fsp3) is 0.267. The van der Waals surface area contributed by atoms with E-state index in [9.17, 15) is 4.79 Å². The second kappa shape index (κ2) is 7.22. The molecular weight excluding hydrogens is 332 g/mol. The van der Waals surface area contributed by atoms with Gasteiger partial charge in [-0.15, -0.1) is 10.2 Å². The van der Waals surface area contributed by atoms with Gasteiger partial charge in [0.2, 0.25) is 11.8 Å². The number of rotatable bonds is 6. The highest BCUT2D eigenvalue weighted by atomic mass is 35.5. The number of amides is 1. The van der Waals surface area contributed by atoms with E-state index in [-0.39, 0.29) is 5.91 Å². The maximum Gasteiger partial charge on any atom is 0.224 e. The molecule has 0 aliphatic heterocycles. The van der Waals surface area contributed by atoms with Crippen molar-refractivity contribution in [2.24, 2.45) is 0 Å². The standard InChI is InChI=1S/C15H15ClN6O2/c1-24-15-8-5-10(9-17-15)18-14(23)4-2-3-12-19-20-13-7-6-11(16)21-22(12)13/h5-9H,2-4H2,1H3,(H,18,23). The van der Waals surface area contributed by atoms with Crippen molar-refractivity contribution in [2.75, 3.05) is 12.4 Å². The first-order chi connectivity index (χ1) is 11.7. The smallest absolute Gasteiger partial charge is 0.224 e. The third kappa shape index (κ3) is 3.77. The van der Waals surface area contributed by atoms with Crippen molar-refractivity contribution < 1.29 is 9.53 Å². The molecule has 0 aliphatic carbocycles. The van der Waals surface area contributed by atoms with E-state index in [1.165, 1.54) is 7.11 Å². The average Bonchev–Trinajstić information content (AvgIpc) is 2.98. The Morgan fingerprint density at radius 3 is 2.92 bits per heavy atom. The second-order valence-corrected chi connectivity index (χ2v) is 5.42. The van der Waals surface area contributed by atoms with Crippen LogP contribution in [0.1, 0.15) is 18.7 Å². The van der Waals surface area contributed by atoms with Crippen molar-refractivity contribution in [1.82, 2.24) is 24.8 Å². The maximum atomic E-state index is 12.0. The van der Waals surface area contributed by atoms with Gasteiger partial charge in [-0.2, -0.15) is 9.61 Å². The molecule has 0 aliphatic rings. The molecule has 24 heavy (non-hydrogen) atoms. The molecule has 1 N–H and O–H groups in total. The molecule has 0 saturated heterocycles. The normalized spacial score (nSPS) is 10.8. The Hall–Kier alpha value is -2.74. The molecule has 0 unspecified atom stereocenters. The zero-order valence-electron chi connectivity index (χ0n) is 12.9. The topological polar surface area (TPSA) is 94.3 Å². The van der Waals surface area contributed by atoms with Gasteiger partial charge in [0.1, 0.15) is 5.15 Å². The number of halogens is 1. The lowest BCUT2D eigenvalue weighted by Gasteiger charge is -2.05. The van der Waals surface area contributed by atoms with Gasteiger partial charge in [-0.1, -0.05) is 11.6 Å². The van der Waals surface area contributed by atoms with Crippen molar-refractivity contribution in [3.8, 4) is 5.88 Å². The summed E-state index contributed by atoms with van der Waals surface area (Å²) >= 11 is 5.88. The minimum atomic E-state index is -0.0956. The SMILES string of the molecule is COc1ccc(NC(=O)CCCc2nnc3ccc(Cl)nn23)cn1. The average molecular weight is 347 g/mol. The van der Waals surface area contributed by atoms with Gasteiger partial charge in [-0.3, -0.25) is 4.79 Å². The molecule has 0 spiro atoms. The number of fused-ring (bicyclic) bond motifs is 1. The van der Waals surface area contributed by atoms with Gasteiger partial charge in [0.15, 0.2) is 11.5 Å². The summed E-state index contributed by atoms with van der Waals surface area (Å²) in [4.78, 5) is 16.0. The van der Waals surface area contributed by atoms with Crippen LogP contribution in [0.5, 0.6) is 5.88 Å². The van der Waals surface area contributed by atoms with E-state index in [1.807, 2.05) is 0 Å². The van der Waals surface area contributed by atoms with Gasteiger partial charge in [0.25, 0.3) is 0 Å². The number of carbonyl (C=O) groups is 1. The first kappa shape index (κ1) is 16.1. The van der Waals surface area contributed by atoms with Gasteiger partial charge < -0.3 is 10.1 Å². The monoisotopic (exact) mass is 346 g/mol. The van der Waals surface area contributed by atoms with Crippen LogP contribution in [0.15, 0.2) is 30.5 Å². The minimum absolute atomic E-state index is 0.0956. The van der Waals surface area contributed by atoms with Crippen LogP contribution in [0, 0.1) is 0 Å². The Kier molecular flexibility index (Phi) is 4.85. The van der Waals surface area contributed by atoms with Crippen LogP contribution in [0.2, 0.25) is 5.15 Å². The molecule has 3 aromatic heterocycles. The number of hydrogen-bond donors (Lipinski definition) is 1. The molecule has 0 radical (unpaired) electrons. The zero-order valence-corrected chi connectivity index (χ0v) is 13.7. The zero-order chi connectivity index (χ0) is 16.9. The van der Waals surface area contributed by atoms with Crippen molar-refractivity contribution in [3.63, 3.8) is 0 Å². The number of aromatic nitrogens is 5.